The number of ether oxygens (including phenoxy) is 4. The van der Waals surface area contributed by atoms with E-state index >= 15 is 0 Å². The number of hydrogen-bond donors (Lipinski definition) is 4. The molecule has 0 radical (unpaired) electrons. The number of esters is 1. The number of allylic oxidation sites excluding steroid dienone is 14. The summed E-state index contributed by atoms with van der Waals surface area (Å²) in [5.74, 6) is -0.481. The highest BCUT2D eigenvalue weighted by Crippen LogP contribution is 2.26. The topological polar surface area (TPSA) is 178 Å². The van der Waals surface area contributed by atoms with Gasteiger partial charge in [-0.05, 0) is 77.0 Å². The van der Waals surface area contributed by atoms with Crippen molar-refractivity contribution in [2.24, 2.45) is 0 Å². The minimum Gasteiger partial charge on any atom is -0.457 e. The van der Waals surface area contributed by atoms with Gasteiger partial charge in [0.2, 0.25) is 0 Å². The summed E-state index contributed by atoms with van der Waals surface area (Å²) in [4.78, 5) is 12.9. The SMILES string of the molecule is CC/C=C\C/C=C\C/C=C\C/C=C\C/C=C\C/C=C\CCC(=O)OC(COCCCCCCCCCCCCCC/C=C\CCCCCCCCCC)COC1OC(CO)C(O)C(OS(=O)(=O)O)C1O. The summed E-state index contributed by atoms with van der Waals surface area (Å²) in [6.07, 6.45) is 54.9. The van der Waals surface area contributed by atoms with Crippen LogP contribution in [0.2, 0.25) is 0 Å². The number of rotatable bonds is 47. The van der Waals surface area contributed by atoms with Gasteiger partial charge in [-0.3, -0.25) is 9.35 Å². The maximum atomic E-state index is 12.9. The van der Waals surface area contributed by atoms with E-state index in [9.17, 15) is 33.1 Å². The Morgan fingerprint density at radius 2 is 0.986 bits per heavy atom. The maximum Gasteiger partial charge on any atom is 0.397 e. The molecule has 0 aromatic rings. The highest BCUT2D eigenvalue weighted by atomic mass is 32.3. The van der Waals surface area contributed by atoms with E-state index in [2.05, 4.69) is 90.9 Å². The Bertz CT molecular complexity index is 1540. The zero-order valence-corrected chi connectivity index (χ0v) is 44.4. The van der Waals surface area contributed by atoms with E-state index in [1.807, 2.05) is 12.2 Å². The van der Waals surface area contributed by atoms with Gasteiger partial charge in [-0.15, -0.1) is 0 Å². The number of carbonyl (C=O) groups excluding carboxylic acids is 1. The average Bonchev–Trinajstić information content (AvgIpc) is 3.34. The van der Waals surface area contributed by atoms with Crippen molar-refractivity contribution < 1.29 is 56.2 Å². The Balaban J connectivity index is 2.37. The third-order valence-electron chi connectivity index (χ3n) is 12.0. The second-order valence-electron chi connectivity index (χ2n) is 18.4. The van der Waals surface area contributed by atoms with Crippen LogP contribution >= 0.6 is 0 Å². The van der Waals surface area contributed by atoms with Gasteiger partial charge in [-0.2, -0.15) is 8.42 Å². The lowest BCUT2D eigenvalue weighted by Gasteiger charge is -2.41. The fourth-order valence-corrected chi connectivity index (χ4v) is 8.44. The van der Waals surface area contributed by atoms with Crippen LogP contribution in [0.4, 0.5) is 0 Å². The molecule has 0 aromatic heterocycles. The number of hydrogen-bond acceptors (Lipinski definition) is 11. The average molecular weight is 1010 g/mol. The lowest BCUT2D eigenvalue weighted by atomic mass is 9.99. The number of aliphatic hydroxyl groups is 3. The largest absolute Gasteiger partial charge is 0.457 e. The molecule has 12 nitrogen and oxygen atoms in total. The third kappa shape index (κ3) is 39.8. The standard InChI is InChI=1S/C57H98O12S/c1-3-5-7-9-11-13-15-17-19-21-23-24-25-26-27-29-31-33-35-37-39-41-43-45-47-65-49-51(50-66-57-55(61)56(69-70(62,63)64)54(60)52(48-58)68-57)67-53(59)46-44-42-40-38-36-34-32-30-28-22-20-18-16-14-12-10-8-6-4-2/h6,8,12,14,18,20-21,23,28,30,34,36,40,42,51-52,54-58,60-61H,3-5,7,9-11,13,15-17,19,22,24-27,29,31-33,35,37-39,41,43-50H2,1-2H3,(H,62,63,64)/b8-6-,14-12-,20-18-,23-21-,30-28-,36-34-,42-40-. The van der Waals surface area contributed by atoms with Crippen LogP contribution in [0.25, 0.3) is 0 Å². The predicted molar refractivity (Wildman–Crippen MR) is 285 cm³/mol. The summed E-state index contributed by atoms with van der Waals surface area (Å²) < 4.78 is 59.2. The summed E-state index contributed by atoms with van der Waals surface area (Å²) >= 11 is 0. The first-order valence-corrected chi connectivity index (χ1v) is 28.7. The van der Waals surface area contributed by atoms with Crippen molar-refractivity contribution in [3.8, 4) is 0 Å². The summed E-state index contributed by atoms with van der Waals surface area (Å²) in [6, 6.07) is 0. The predicted octanol–water partition coefficient (Wildman–Crippen LogP) is 13.2. The van der Waals surface area contributed by atoms with Crippen molar-refractivity contribution in [3.05, 3.63) is 85.1 Å². The van der Waals surface area contributed by atoms with E-state index in [4.69, 9.17) is 18.9 Å². The lowest BCUT2D eigenvalue weighted by molar-refractivity contribution is -0.301. The van der Waals surface area contributed by atoms with Crippen molar-refractivity contribution in [2.45, 2.75) is 243 Å². The van der Waals surface area contributed by atoms with Crippen molar-refractivity contribution in [1.82, 2.24) is 0 Å². The van der Waals surface area contributed by atoms with Crippen LogP contribution in [-0.4, -0.2) is 97.5 Å². The zero-order chi connectivity index (χ0) is 51.0. The molecule has 0 aromatic carbocycles. The molecule has 6 atom stereocenters. The first-order valence-electron chi connectivity index (χ1n) is 27.3. The smallest absolute Gasteiger partial charge is 0.397 e. The van der Waals surface area contributed by atoms with Gasteiger partial charge in [0.15, 0.2) is 6.29 Å². The fourth-order valence-electron chi connectivity index (χ4n) is 7.93. The molecule has 1 saturated heterocycles. The molecule has 404 valence electrons. The molecule has 1 aliphatic rings. The Kier molecular flexibility index (Phi) is 44.1. The molecule has 0 bridgehead atoms. The second-order valence-corrected chi connectivity index (χ2v) is 19.5. The van der Waals surface area contributed by atoms with Crippen LogP contribution < -0.4 is 0 Å². The molecule has 0 aliphatic carbocycles. The minimum absolute atomic E-state index is 0.00151. The van der Waals surface area contributed by atoms with Crippen molar-refractivity contribution >= 4 is 16.4 Å². The molecule has 1 aliphatic heterocycles. The summed E-state index contributed by atoms with van der Waals surface area (Å²) in [5, 5.41) is 30.8. The zero-order valence-electron chi connectivity index (χ0n) is 43.6. The molecule has 0 saturated carbocycles. The molecule has 4 N–H and O–H groups in total. The van der Waals surface area contributed by atoms with E-state index in [1.54, 1.807) is 0 Å². The Morgan fingerprint density at radius 3 is 1.44 bits per heavy atom. The summed E-state index contributed by atoms with van der Waals surface area (Å²) in [7, 11) is -5.08. The fraction of sp³-hybridized carbons (Fsp3) is 0.737. The van der Waals surface area contributed by atoms with Crippen molar-refractivity contribution in [3.63, 3.8) is 0 Å². The van der Waals surface area contributed by atoms with Crippen molar-refractivity contribution in [1.29, 1.82) is 0 Å². The van der Waals surface area contributed by atoms with Gasteiger partial charge in [0.25, 0.3) is 0 Å². The van der Waals surface area contributed by atoms with Crippen LogP contribution in [0.15, 0.2) is 85.1 Å². The van der Waals surface area contributed by atoms with Gasteiger partial charge in [0, 0.05) is 13.0 Å². The first-order chi connectivity index (χ1) is 34.1. The van der Waals surface area contributed by atoms with E-state index in [0.29, 0.717) is 13.0 Å². The normalized spacial score (nSPS) is 19.8. The number of aliphatic hydroxyl groups excluding tert-OH is 3. The highest BCUT2D eigenvalue weighted by molar-refractivity contribution is 7.80. The minimum atomic E-state index is -5.08. The molecule has 70 heavy (non-hydrogen) atoms. The quantitative estimate of drug-likeness (QED) is 0.0197. The van der Waals surface area contributed by atoms with Crippen molar-refractivity contribution in [2.75, 3.05) is 26.4 Å². The molecule has 0 spiro atoms. The molecule has 1 heterocycles. The molecular weight excluding hydrogens is 909 g/mol. The molecule has 1 fully saturated rings. The van der Waals surface area contributed by atoms with Gasteiger partial charge >= 0.3 is 16.4 Å². The molecule has 0 amide bonds. The Hall–Kier alpha value is -2.72. The van der Waals surface area contributed by atoms with Crippen LogP contribution in [0.1, 0.15) is 206 Å². The number of carbonyl (C=O) groups is 1. The van der Waals surface area contributed by atoms with Gasteiger partial charge in [-0.25, -0.2) is 4.18 Å². The number of unbranched alkanes of at least 4 members (excludes halogenated alkanes) is 20. The highest BCUT2D eigenvalue weighted by Gasteiger charge is 2.48. The van der Waals surface area contributed by atoms with Crippen LogP contribution in [0.3, 0.4) is 0 Å². The maximum absolute atomic E-state index is 12.9. The van der Waals surface area contributed by atoms with E-state index in [1.165, 1.54) is 122 Å². The molecule has 13 heteroatoms. The summed E-state index contributed by atoms with van der Waals surface area (Å²) in [5.41, 5.74) is 0. The van der Waals surface area contributed by atoms with Crippen LogP contribution in [0.5, 0.6) is 0 Å². The monoisotopic (exact) mass is 1010 g/mol. The molecule has 6 unspecified atom stereocenters. The molecule has 1 rings (SSSR count). The van der Waals surface area contributed by atoms with Crippen LogP contribution in [0, 0.1) is 0 Å². The summed E-state index contributed by atoms with van der Waals surface area (Å²) in [6.45, 7) is 3.79. The van der Waals surface area contributed by atoms with Gasteiger partial charge in [0.05, 0.1) is 19.8 Å². The van der Waals surface area contributed by atoms with Gasteiger partial charge in [0.1, 0.15) is 30.5 Å². The Labute approximate surface area is 425 Å². The first kappa shape index (κ1) is 65.3. The van der Waals surface area contributed by atoms with Gasteiger partial charge in [-0.1, -0.05) is 208 Å². The Morgan fingerprint density at radius 1 is 0.557 bits per heavy atom. The third-order valence-corrected chi connectivity index (χ3v) is 12.5. The van der Waals surface area contributed by atoms with Crippen LogP contribution in [-0.2, 0) is 38.3 Å². The van der Waals surface area contributed by atoms with Gasteiger partial charge < -0.3 is 34.3 Å². The second kappa shape index (κ2) is 47.3. The lowest BCUT2D eigenvalue weighted by Crippen LogP contribution is -2.60. The van der Waals surface area contributed by atoms with E-state index in [0.717, 1.165) is 57.8 Å². The van der Waals surface area contributed by atoms with E-state index in [-0.39, 0.29) is 19.6 Å². The van der Waals surface area contributed by atoms with E-state index < -0.39 is 59.8 Å². The molecular formula is C57H98O12S.